The minimum Gasteiger partial charge on any atom is -0.477 e. The second kappa shape index (κ2) is 55.8. The predicted octanol–water partition coefficient (Wildman–Crippen LogP) is 31.1. The Morgan fingerprint density at radius 2 is 0.453 bits per heavy atom. The number of nitrogen functional groups attached to an aromatic ring is 1. The number of hydrogen-bond acceptors (Lipinski definition) is 22. The molecular weight excluding hydrogens is 2180 g/mol. The molecule has 5 amide bonds. The third-order valence-electron chi connectivity index (χ3n) is 16.1. The molecule has 0 aliphatic rings. The van der Waals surface area contributed by atoms with Gasteiger partial charge in [-0.15, -0.1) is 68.0 Å². The van der Waals surface area contributed by atoms with Gasteiger partial charge < -0.3 is 54.6 Å². The van der Waals surface area contributed by atoms with Crippen LogP contribution in [-0.2, 0) is 37.1 Å². The Bertz CT molecular complexity index is 5350. The zero-order valence-corrected chi connectivity index (χ0v) is 81.6. The maximum absolute atomic E-state index is 12.8. The summed E-state index contributed by atoms with van der Waals surface area (Å²) in [6.07, 6.45) is -19.1. The molecule has 0 saturated heterocycles. The molecule has 0 aliphatic carbocycles. The van der Waals surface area contributed by atoms with E-state index >= 15 is 0 Å². The van der Waals surface area contributed by atoms with Crippen LogP contribution in [0.3, 0.4) is 0 Å². The van der Waals surface area contributed by atoms with Gasteiger partial charge in [-0.05, 0) is 136 Å². The molecule has 139 heavy (non-hydrogen) atoms. The monoisotopic (exact) mass is 2270 g/mol. The van der Waals surface area contributed by atoms with Crippen molar-refractivity contribution in [3.63, 3.8) is 0 Å². The quantitative estimate of drug-likeness (QED) is 0.0230. The van der Waals surface area contributed by atoms with Crippen LogP contribution >= 0.6 is 154 Å². The van der Waals surface area contributed by atoms with E-state index in [-0.39, 0.29) is 113 Å². The van der Waals surface area contributed by atoms with Gasteiger partial charge in [0.15, 0.2) is 0 Å². The lowest BCUT2D eigenvalue weighted by Crippen LogP contribution is -2.12. The number of carbonyl (C=O) groups excluding carboxylic acids is 5. The first-order chi connectivity index (χ1) is 62.4. The van der Waals surface area contributed by atoms with Crippen molar-refractivity contribution in [1.29, 1.82) is 0 Å². The summed E-state index contributed by atoms with van der Waals surface area (Å²) in [4.78, 5) is 96.4. The summed E-state index contributed by atoms with van der Waals surface area (Å²) in [6.45, 7) is 16.9. The fourth-order valence-electron chi connectivity index (χ4n) is 9.61. The van der Waals surface area contributed by atoms with Crippen molar-refractivity contribution in [1.82, 2.24) is 29.9 Å². The van der Waals surface area contributed by atoms with Gasteiger partial charge in [-0.1, -0.05) is 157 Å². The molecule has 6 aromatic heterocycles. The van der Waals surface area contributed by atoms with Gasteiger partial charge >= 0.3 is 43.0 Å². The fraction of sp³-hybridized carbons (Fsp3) is 0.302. The standard InChI is InChI=1S/2C14H12ClF3N2OS.3C13H11ClF3N3OS.C7H5ClF3N.C7H9NO2S.CH3Br.4CH4/c2*1-7(2)13-19-6-11(22-13)12(21)20-8-3-4-10(15)9(5-8)14(16,17)18;3*1-6(18)12-19-5-10(22-12)11(21)20-7-2-3-9(14)8(4-7)13(15,16)17;8-6-2-1-4(12)3-5(6)7(9,10)11;1-4(2)6-8-3-5(11-6)7(9)10;1-2;;;;/h2*3-7H,1-2H3,(H,20,21);3*2-6H,18H2,1H3,(H,20,21);1-3H,12H2;3-4H,1-2H3,(H,9,10);1H3;4*1H4/t;;2*6-;;;;;;;;/m..10......../s1. The number of rotatable bonds is 17. The van der Waals surface area contributed by atoms with Crippen LogP contribution in [0, 0.1) is 0 Å². The highest BCUT2D eigenvalue weighted by Crippen LogP contribution is 2.43. The second-order valence-corrected chi connectivity index (χ2v) is 36.8. The Hall–Kier alpha value is -9.44. The van der Waals surface area contributed by atoms with Crippen molar-refractivity contribution in [3.05, 3.63) is 269 Å². The normalized spacial score (nSPS) is 11.8. The highest BCUT2D eigenvalue weighted by atomic mass is 79.9. The highest BCUT2D eigenvalue weighted by Gasteiger charge is 2.39. The Labute approximate surface area is 849 Å². The van der Waals surface area contributed by atoms with Crippen LogP contribution in [0.4, 0.5) is 113 Å². The highest BCUT2D eigenvalue weighted by molar-refractivity contribution is 9.08. The number of carbonyl (C=O) groups is 6. The van der Waals surface area contributed by atoms with E-state index in [1.807, 2.05) is 47.4 Å². The summed E-state index contributed by atoms with van der Waals surface area (Å²) >= 11 is 42.8. The second-order valence-electron chi connectivity index (χ2n) is 28.0. The maximum atomic E-state index is 12.8. The summed E-state index contributed by atoms with van der Waals surface area (Å²) in [5.74, 6) is -1.08. The van der Waals surface area contributed by atoms with Crippen molar-refractivity contribution >= 4 is 223 Å². The summed E-state index contributed by atoms with van der Waals surface area (Å²) in [5, 5.41) is 22.3. The summed E-state index contributed by atoms with van der Waals surface area (Å²) in [6, 6.07) is 18.2. The van der Waals surface area contributed by atoms with Crippen molar-refractivity contribution in [2.45, 2.75) is 165 Å². The predicted molar refractivity (Wildman–Crippen MR) is 524 cm³/mol. The molecule has 0 fully saturated rings. The number of carboxylic acid groups (broad SMARTS) is 1. The van der Waals surface area contributed by atoms with Crippen LogP contribution in [0.2, 0.25) is 30.1 Å². The van der Waals surface area contributed by atoms with E-state index in [1.165, 1.54) is 108 Å². The van der Waals surface area contributed by atoms with E-state index in [4.69, 9.17) is 97.6 Å². The molecule has 0 aliphatic heterocycles. The molecule has 0 spiro atoms. The topological polar surface area (TPSA) is 364 Å². The number of hydrogen-bond donors (Lipinski definition) is 10. The number of nitrogens with one attached hydrogen (secondary N) is 5. The number of benzene rings is 6. The van der Waals surface area contributed by atoms with Crippen LogP contribution in [0.15, 0.2) is 146 Å². The van der Waals surface area contributed by atoms with Gasteiger partial charge in [-0.2, -0.15) is 79.0 Å². The number of halogens is 25. The number of amides is 5. The van der Waals surface area contributed by atoms with E-state index in [2.05, 4.69) is 72.4 Å². The van der Waals surface area contributed by atoms with E-state index in [9.17, 15) is 108 Å². The fourth-order valence-corrected chi connectivity index (χ4v) is 15.6. The number of carboxylic acids is 1. The molecule has 6 aromatic carbocycles. The molecule has 762 valence electrons. The van der Waals surface area contributed by atoms with Gasteiger partial charge in [-0.25, -0.2) is 34.7 Å². The van der Waals surface area contributed by atoms with Crippen LogP contribution in [0.1, 0.15) is 249 Å². The molecule has 53 heteroatoms. The molecule has 6 heterocycles. The van der Waals surface area contributed by atoms with E-state index in [0.717, 1.165) is 122 Å². The van der Waals surface area contributed by atoms with Crippen LogP contribution in [0.25, 0.3) is 0 Å². The van der Waals surface area contributed by atoms with Crippen LogP contribution in [0.5, 0.6) is 0 Å². The van der Waals surface area contributed by atoms with E-state index in [0.29, 0.717) is 35.6 Å². The van der Waals surface area contributed by atoms with Crippen LogP contribution in [-0.4, -0.2) is 76.3 Å². The number of aromatic carboxylic acids is 1. The van der Waals surface area contributed by atoms with Crippen molar-refractivity contribution in [3.8, 4) is 0 Å². The van der Waals surface area contributed by atoms with Gasteiger partial charge in [-0.3, -0.25) is 24.0 Å². The van der Waals surface area contributed by atoms with Crippen LogP contribution < -0.4 is 49.5 Å². The molecule has 0 saturated carbocycles. The first-order valence-electron chi connectivity index (χ1n) is 37.6. The number of anilines is 6. The van der Waals surface area contributed by atoms with Gasteiger partial charge in [0.2, 0.25) is 0 Å². The zero-order chi connectivity index (χ0) is 102. The average molecular weight is 2270 g/mol. The first kappa shape index (κ1) is 128. The Kier molecular flexibility index (Phi) is 51.2. The molecule has 3 atom stereocenters. The summed E-state index contributed by atoms with van der Waals surface area (Å²) in [5.41, 5.74) is 16.3. The molecule has 1 unspecified atom stereocenters. The average Bonchev–Trinajstić information content (AvgIpc) is 1.79. The molecule has 12 aromatic rings. The van der Waals surface area contributed by atoms with Gasteiger partial charge in [0.1, 0.15) is 44.3 Å². The lowest BCUT2D eigenvalue weighted by atomic mass is 10.2. The Morgan fingerprint density at radius 3 is 0.597 bits per heavy atom. The number of aromatic nitrogens is 6. The van der Waals surface area contributed by atoms with E-state index in [1.54, 1.807) is 20.8 Å². The number of thiazole rings is 6. The Morgan fingerprint density at radius 1 is 0.295 bits per heavy atom. The van der Waals surface area contributed by atoms with Gasteiger partial charge in [0.25, 0.3) is 29.5 Å². The molecule has 12 rings (SSSR count). The lowest BCUT2D eigenvalue weighted by molar-refractivity contribution is -0.138. The lowest BCUT2D eigenvalue weighted by Gasteiger charge is -2.11. The molecule has 22 nitrogen and oxygen atoms in total. The summed E-state index contributed by atoms with van der Waals surface area (Å²) < 4.78 is 228. The van der Waals surface area contributed by atoms with Gasteiger partial charge in [0.05, 0.1) is 134 Å². The first-order valence-corrected chi connectivity index (χ1v) is 46.3. The van der Waals surface area contributed by atoms with Gasteiger partial charge in [0, 0.05) is 51.9 Å². The van der Waals surface area contributed by atoms with Crippen molar-refractivity contribution in [2.75, 3.05) is 38.2 Å². The number of alkyl halides is 19. The smallest absolute Gasteiger partial charge is 0.417 e. The molecular formula is C86H90BrCl6F18N15O7S6. The number of nitrogens with two attached hydrogens (primary N) is 4. The number of nitrogens with zero attached hydrogens (tertiary/aromatic N) is 6. The minimum atomic E-state index is -4.59. The van der Waals surface area contributed by atoms with Crippen molar-refractivity contribution < 1.29 is 113 Å². The Balaban J connectivity index is 0.000000814. The minimum absolute atomic E-state index is 0. The van der Waals surface area contributed by atoms with Crippen molar-refractivity contribution in [2.24, 2.45) is 17.2 Å². The molecule has 0 radical (unpaired) electrons. The summed E-state index contributed by atoms with van der Waals surface area (Å²) in [7, 11) is 0. The van der Waals surface area contributed by atoms with E-state index < -0.39 is 131 Å². The third-order valence-corrected chi connectivity index (χ3v) is 25.5. The third kappa shape index (κ3) is 40.1. The largest absolute Gasteiger partial charge is 0.477 e. The molecule has 14 N–H and O–H groups in total. The SMILES string of the molecule is C.C.C.C.CBr.CC(C)c1ncc(C(=O)Nc2ccc(Cl)c(C(F)(F)F)c2)s1.CC(C)c1ncc(C(=O)Nc2ccc(Cl)c(C(F)(F)F)c2)s1.CC(C)c1ncc(C(=O)O)s1.CC(N)c1ncc(C(=O)Nc2ccc(Cl)c(C(F)(F)F)c2)s1.C[C@@H](N)c1ncc(C(=O)Nc2ccc(Cl)c(C(F)(F)F)c2)s1.C[C@H](N)c1ncc(C(=O)Nc2ccc(Cl)c(C(F)(F)F)c2)s1.Nc1ccc(Cl)c(C(F)(F)F)c1. The zero-order valence-electron chi connectivity index (χ0n) is 70.6. The molecule has 0 bridgehead atoms. The maximum Gasteiger partial charge on any atom is 0.417 e.